The SMILES string of the molecule is CC1(O)[C@@H](O)[C@@H](CO)O[C@H]1n1cnc2c(N)ncnc21.C[C@@]1(n2cnc3c(N)ncnc32)O[C@H](CO)[C@H](O)C1O. The smallest absolute Gasteiger partial charge is 0.173 e. The zero-order valence-corrected chi connectivity index (χ0v) is 21.4. The number of nitrogens with two attached hydrogens (primary N) is 2. The molecule has 40 heavy (non-hydrogen) atoms. The number of nitrogens with zero attached hydrogens (tertiary/aromatic N) is 8. The quantitative estimate of drug-likeness (QED) is 0.120. The maximum Gasteiger partial charge on any atom is 0.173 e. The van der Waals surface area contributed by atoms with Gasteiger partial charge in [0.1, 0.15) is 59.8 Å². The number of aromatic nitrogens is 8. The van der Waals surface area contributed by atoms with Crippen molar-refractivity contribution in [2.45, 2.75) is 61.9 Å². The molecule has 2 aliphatic rings. The minimum Gasteiger partial charge on any atom is -0.394 e. The molecule has 10 N–H and O–H groups in total. The second-order valence-corrected chi connectivity index (χ2v) is 9.84. The third-order valence-corrected chi connectivity index (χ3v) is 7.24. The van der Waals surface area contributed by atoms with Crippen LogP contribution in [0.25, 0.3) is 22.3 Å². The average Bonchev–Trinajstić information content (AvgIpc) is 3.67. The van der Waals surface area contributed by atoms with E-state index in [9.17, 15) is 30.6 Å². The number of anilines is 2. The van der Waals surface area contributed by atoms with Gasteiger partial charge in [0.05, 0.1) is 25.9 Å². The van der Waals surface area contributed by atoms with E-state index in [1.54, 1.807) is 6.92 Å². The van der Waals surface area contributed by atoms with Crippen LogP contribution in [-0.4, -0.2) is 119 Å². The Morgan fingerprint density at radius 2 is 1.40 bits per heavy atom. The molecule has 18 nitrogen and oxygen atoms in total. The number of nitrogen functional groups attached to an aromatic ring is 2. The van der Waals surface area contributed by atoms with Crippen LogP contribution in [0.2, 0.25) is 0 Å². The molecule has 0 bridgehead atoms. The van der Waals surface area contributed by atoms with Crippen LogP contribution in [0, 0.1) is 0 Å². The molecule has 6 rings (SSSR count). The van der Waals surface area contributed by atoms with Crippen LogP contribution >= 0.6 is 0 Å². The molecule has 0 radical (unpaired) electrons. The minimum atomic E-state index is -1.60. The van der Waals surface area contributed by atoms with E-state index in [4.69, 9.17) is 20.9 Å². The van der Waals surface area contributed by atoms with Crippen molar-refractivity contribution in [3.05, 3.63) is 25.3 Å². The first-order valence-electron chi connectivity index (χ1n) is 12.1. The maximum absolute atomic E-state index is 10.4. The van der Waals surface area contributed by atoms with Gasteiger partial charge in [-0.25, -0.2) is 29.9 Å². The molecular weight excluding hydrogens is 532 g/mol. The summed E-state index contributed by atoms with van der Waals surface area (Å²) >= 11 is 0. The van der Waals surface area contributed by atoms with E-state index in [-0.39, 0.29) is 11.6 Å². The highest BCUT2D eigenvalue weighted by molar-refractivity contribution is 5.82. The van der Waals surface area contributed by atoms with E-state index in [1.807, 2.05) is 0 Å². The Hall–Kier alpha value is -3.62. The van der Waals surface area contributed by atoms with Crippen LogP contribution < -0.4 is 11.5 Å². The monoisotopic (exact) mass is 562 g/mol. The van der Waals surface area contributed by atoms with Gasteiger partial charge in [0, 0.05) is 0 Å². The summed E-state index contributed by atoms with van der Waals surface area (Å²) in [6, 6.07) is 0. The molecular formula is C22H30N10O8. The van der Waals surface area contributed by atoms with Gasteiger partial charge in [0.15, 0.2) is 34.9 Å². The number of ether oxygens (including phenoxy) is 2. The fourth-order valence-electron chi connectivity index (χ4n) is 4.92. The molecule has 0 spiro atoms. The molecule has 2 aliphatic heterocycles. The van der Waals surface area contributed by atoms with Gasteiger partial charge >= 0.3 is 0 Å². The van der Waals surface area contributed by atoms with E-state index in [0.29, 0.717) is 22.3 Å². The van der Waals surface area contributed by atoms with Gasteiger partial charge in [-0.05, 0) is 13.8 Å². The number of hydrogen-bond donors (Lipinski definition) is 8. The van der Waals surface area contributed by atoms with Crippen LogP contribution in [0.4, 0.5) is 11.6 Å². The van der Waals surface area contributed by atoms with E-state index in [1.165, 1.54) is 41.4 Å². The van der Waals surface area contributed by atoms with Crippen molar-refractivity contribution in [1.82, 2.24) is 39.0 Å². The minimum absolute atomic E-state index is 0.212. The summed E-state index contributed by atoms with van der Waals surface area (Å²) in [4.78, 5) is 24.0. The first kappa shape index (κ1) is 27.9. The molecule has 2 saturated heterocycles. The van der Waals surface area contributed by atoms with E-state index < -0.39 is 61.3 Å². The van der Waals surface area contributed by atoms with Gasteiger partial charge in [-0.15, -0.1) is 0 Å². The molecule has 0 aromatic carbocycles. The topological polar surface area (TPSA) is 279 Å². The first-order valence-corrected chi connectivity index (χ1v) is 12.1. The Morgan fingerprint density at radius 1 is 0.825 bits per heavy atom. The number of fused-ring (bicyclic) bond motifs is 2. The van der Waals surface area contributed by atoms with Crippen LogP contribution in [0.5, 0.6) is 0 Å². The molecule has 0 aliphatic carbocycles. The van der Waals surface area contributed by atoms with Crippen molar-refractivity contribution in [2.24, 2.45) is 0 Å². The third kappa shape index (κ3) is 4.21. The van der Waals surface area contributed by atoms with Crippen molar-refractivity contribution in [2.75, 3.05) is 24.7 Å². The molecule has 216 valence electrons. The number of aliphatic hydroxyl groups excluding tert-OH is 5. The largest absolute Gasteiger partial charge is 0.394 e. The molecule has 0 saturated carbocycles. The predicted octanol–water partition coefficient (Wildman–Crippen LogP) is -3.40. The summed E-state index contributed by atoms with van der Waals surface area (Å²) < 4.78 is 14.0. The summed E-state index contributed by atoms with van der Waals surface area (Å²) in [6.07, 6.45) is -1.01. The molecule has 8 atom stereocenters. The van der Waals surface area contributed by atoms with Crippen molar-refractivity contribution in [1.29, 1.82) is 0 Å². The number of hydrogen-bond acceptors (Lipinski definition) is 16. The summed E-state index contributed by atoms with van der Waals surface area (Å²) in [5.41, 5.74) is 10.0. The molecule has 0 amide bonds. The van der Waals surface area contributed by atoms with E-state index in [0.717, 1.165) is 0 Å². The zero-order chi connectivity index (χ0) is 29.0. The Kier molecular flexibility index (Phi) is 7.04. The Labute approximate surface area is 225 Å². The number of imidazole rings is 2. The lowest BCUT2D eigenvalue weighted by molar-refractivity contribution is -0.132. The predicted molar refractivity (Wildman–Crippen MR) is 135 cm³/mol. The van der Waals surface area contributed by atoms with Crippen LogP contribution in [-0.2, 0) is 15.2 Å². The van der Waals surface area contributed by atoms with E-state index in [2.05, 4.69) is 29.9 Å². The fourth-order valence-corrected chi connectivity index (χ4v) is 4.92. The molecule has 18 heteroatoms. The number of rotatable bonds is 4. The Bertz CT molecular complexity index is 1510. The molecule has 2 fully saturated rings. The van der Waals surface area contributed by atoms with Gasteiger partial charge in [-0.1, -0.05) is 0 Å². The highest BCUT2D eigenvalue weighted by Gasteiger charge is 2.54. The van der Waals surface area contributed by atoms with Gasteiger partial charge in [0.25, 0.3) is 0 Å². The molecule has 4 aromatic rings. The summed E-state index contributed by atoms with van der Waals surface area (Å²) in [7, 11) is 0. The summed E-state index contributed by atoms with van der Waals surface area (Å²) in [5.74, 6) is 0.426. The van der Waals surface area contributed by atoms with E-state index >= 15 is 0 Å². The van der Waals surface area contributed by atoms with Crippen molar-refractivity contribution in [3.63, 3.8) is 0 Å². The average molecular weight is 563 g/mol. The normalized spacial score (nSPS) is 33.9. The summed E-state index contributed by atoms with van der Waals surface area (Å²) in [5, 5.41) is 58.9. The Morgan fingerprint density at radius 3 is 1.98 bits per heavy atom. The highest BCUT2D eigenvalue weighted by atomic mass is 16.6. The second kappa shape index (κ2) is 10.1. The fraction of sp³-hybridized carbons (Fsp3) is 0.545. The lowest BCUT2D eigenvalue weighted by Gasteiger charge is -2.29. The second-order valence-electron chi connectivity index (χ2n) is 9.84. The highest BCUT2D eigenvalue weighted by Crippen LogP contribution is 2.39. The molecule has 4 aromatic heterocycles. The molecule has 2 unspecified atom stereocenters. The summed E-state index contributed by atoms with van der Waals surface area (Å²) in [6.45, 7) is 2.19. The maximum atomic E-state index is 10.4. The van der Waals surface area contributed by atoms with Crippen LogP contribution in [0.3, 0.4) is 0 Å². The number of aliphatic hydroxyl groups is 6. The Balaban J connectivity index is 0.000000161. The zero-order valence-electron chi connectivity index (χ0n) is 21.4. The van der Waals surface area contributed by atoms with Crippen LogP contribution in [0.15, 0.2) is 25.3 Å². The third-order valence-electron chi connectivity index (χ3n) is 7.24. The van der Waals surface area contributed by atoms with Crippen LogP contribution in [0.1, 0.15) is 20.1 Å². The standard InChI is InChI=1S/2C11H15N5O4/c1-11(8(19)7(18)5(2-17)20-11)16-4-15-6-9(12)13-3-14-10(6)16;1-11(19)7(18)5(2-17)20-10(11)16-4-15-6-8(12)13-3-14-9(6)16/h3-5,7-8,17-19H,2H2,1H3,(H2,12,13,14);3-5,7,10,17-19H,2H2,1H3,(H2,12,13,14)/t5-,7+,8?,11-;5-,7+,10-,11?/m11/s1. The lowest BCUT2D eigenvalue weighted by Crippen LogP contribution is -2.44. The van der Waals surface area contributed by atoms with Gasteiger partial charge in [-0.2, -0.15) is 0 Å². The molecule has 6 heterocycles. The van der Waals surface area contributed by atoms with Crippen molar-refractivity contribution in [3.8, 4) is 0 Å². The van der Waals surface area contributed by atoms with Crippen molar-refractivity contribution < 1.29 is 40.1 Å². The van der Waals surface area contributed by atoms with Gasteiger partial charge in [-0.3, -0.25) is 9.13 Å². The van der Waals surface area contributed by atoms with Gasteiger partial charge in [0.2, 0.25) is 0 Å². The first-order chi connectivity index (χ1) is 18.9. The van der Waals surface area contributed by atoms with Gasteiger partial charge < -0.3 is 51.6 Å². The lowest BCUT2D eigenvalue weighted by atomic mass is 9.96. The van der Waals surface area contributed by atoms with Crippen molar-refractivity contribution >= 4 is 34.0 Å².